The number of nitrogens with zero attached hydrogens (tertiary/aromatic N) is 3. The quantitative estimate of drug-likeness (QED) is 0.471. The zero-order valence-corrected chi connectivity index (χ0v) is 15.0. The highest BCUT2D eigenvalue weighted by Gasteiger charge is 2.26. The molecule has 1 aromatic heterocycles. The van der Waals surface area contributed by atoms with Gasteiger partial charge in [0, 0.05) is 23.4 Å². The fourth-order valence-corrected chi connectivity index (χ4v) is 4.68. The zero-order chi connectivity index (χ0) is 16.4. The van der Waals surface area contributed by atoms with Crippen molar-refractivity contribution in [2.75, 3.05) is 4.31 Å². The minimum absolute atomic E-state index is 0. The summed E-state index contributed by atoms with van der Waals surface area (Å²) in [6, 6.07) is 19.8. The lowest BCUT2D eigenvalue weighted by atomic mass is 10.3. The molecule has 25 heavy (non-hydrogen) atoms. The Morgan fingerprint density at radius 1 is 0.960 bits per heavy atom. The van der Waals surface area contributed by atoms with E-state index in [1.807, 2.05) is 71.4 Å². The number of allylic oxidation sites excluding steroid dienone is 2. The second-order valence-electron chi connectivity index (χ2n) is 5.40. The molecule has 1 aliphatic heterocycles. The molecule has 3 nitrogen and oxygen atoms in total. The number of hydrogen-bond acceptors (Lipinski definition) is 2. The lowest BCUT2D eigenvalue weighted by Gasteiger charge is -2.27. The van der Waals surface area contributed by atoms with Gasteiger partial charge in [0.25, 0.3) is 0 Å². The van der Waals surface area contributed by atoms with E-state index in [1.54, 1.807) is 18.6 Å². The van der Waals surface area contributed by atoms with Crippen LogP contribution in [-0.2, 0) is 6.54 Å². The van der Waals surface area contributed by atoms with Crippen molar-refractivity contribution in [3.63, 3.8) is 0 Å². The summed E-state index contributed by atoms with van der Waals surface area (Å²) in [7, 11) is -0.759. The van der Waals surface area contributed by atoms with Crippen molar-refractivity contribution in [2.24, 2.45) is 0 Å². The van der Waals surface area contributed by atoms with Gasteiger partial charge in [-0.05, 0) is 34.9 Å². The van der Waals surface area contributed by atoms with E-state index in [-0.39, 0.29) is 17.5 Å². The third kappa shape index (κ3) is 3.52. The molecule has 0 N–H and O–H groups in total. The molecule has 6 heteroatoms. The molecular weight excluding hydrogens is 357 g/mol. The van der Waals surface area contributed by atoms with E-state index in [1.165, 1.54) is 0 Å². The molecule has 4 rings (SSSR count). The Labute approximate surface area is 154 Å². The van der Waals surface area contributed by atoms with Gasteiger partial charge in [-0.2, -0.15) is 4.39 Å². The molecule has 2 aromatic carbocycles. The van der Waals surface area contributed by atoms with Crippen molar-refractivity contribution < 1.29 is 4.39 Å². The zero-order valence-electron chi connectivity index (χ0n) is 13.3. The second-order valence-corrected chi connectivity index (χ2v) is 7.20. The van der Waals surface area contributed by atoms with Gasteiger partial charge in [0.2, 0.25) is 0 Å². The van der Waals surface area contributed by atoms with Crippen LogP contribution in [0, 0.1) is 0 Å². The van der Waals surface area contributed by atoms with Crippen LogP contribution in [0.4, 0.5) is 10.1 Å². The van der Waals surface area contributed by atoms with E-state index in [4.69, 9.17) is 0 Å². The third-order valence-corrected chi connectivity index (χ3v) is 5.79. The van der Waals surface area contributed by atoms with E-state index in [0.29, 0.717) is 6.54 Å². The fourth-order valence-electron chi connectivity index (χ4n) is 2.73. The number of aromatic nitrogens is 2. The summed E-state index contributed by atoms with van der Waals surface area (Å²) in [6.45, 7) is 0.582. The third-order valence-electron chi connectivity index (χ3n) is 3.77. The largest absolute Gasteiger partial charge is 0.332 e. The molecule has 0 amide bonds. The van der Waals surface area contributed by atoms with E-state index >= 15 is 0 Å². The molecule has 1 aliphatic rings. The van der Waals surface area contributed by atoms with E-state index in [0.717, 1.165) is 16.3 Å². The summed E-state index contributed by atoms with van der Waals surface area (Å²) < 4.78 is 18.9. The average molecular weight is 374 g/mol. The Morgan fingerprint density at radius 2 is 1.64 bits per heavy atom. The van der Waals surface area contributed by atoms with Gasteiger partial charge >= 0.3 is 0 Å². The van der Waals surface area contributed by atoms with Crippen LogP contribution in [0.1, 0.15) is 0 Å². The van der Waals surface area contributed by atoms with Gasteiger partial charge in [-0.1, -0.05) is 36.4 Å². The maximum atomic E-state index is 14.9. The van der Waals surface area contributed by atoms with Crippen molar-refractivity contribution in [3.8, 4) is 0 Å². The lowest BCUT2D eigenvalue weighted by Crippen LogP contribution is -2.17. The highest BCUT2D eigenvalue weighted by molar-refractivity contribution is 8.17. The topological polar surface area (TPSA) is 21.1 Å². The normalized spacial score (nSPS) is 16.5. The van der Waals surface area contributed by atoms with Gasteiger partial charge in [0.15, 0.2) is 5.12 Å². The molecule has 0 aliphatic carbocycles. The standard InChI is InChI=1S/C19H16FN3S.ClH/c20-19-13-17(14-22-12-11-21-15-22)23(16-7-3-1-4-8-16)24(19)18-9-5-2-6-10-18;/h1-13,15H,14H2;1H. The maximum Gasteiger partial charge on any atom is 0.172 e. The van der Waals surface area contributed by atoms with Crippen LogP contribution >= 0.6 is 23.1 Å². The van der Waals surface area contributed by atoms with Crippen molar-refractivity contribution in [1.82, 2.24) is 9.55 Å². The van der Waals surface area contributed by atoms with Gasteiger partial charge in [-0.15, -0.1) is 12.4 Å². The van der Waals surface area contributed by atoms with Crippen LogP contribution in [0.25, 0.3) is 0 Å². The number of halogens is 2. The van der Waals surface area contributed by atoms with Crippen LogP contribution in [0.3, 0.4) is 0 Å². The number of anilines is 1. The van der Waals surface area contributed by atoms with Crippen LogP contribution < -0.4 is 4.31 Å². The van der Waals surface area contributed by atoms with Crippen molar-refractivity contribution in [1.29, 1.82) is 0 Å². The molecule has 1 atom stereocenters. The Balaban J connectivity index is 0.00000182. The molecule has 2 heterocycles. The molecule has 0 fully saturated rings. The smallest absolute Gasteiger partial charge is 0.172 e. The van der Waals surface area contributed by atoms with Gasteiger partial charge in [-0.3, -0.25) is 4.31 Å². The summed E-state index contributed by atoms with van der Waals surface area (Å²) in [4.78, 5) is 5.05. The minimum Gasteiger partial charge on any atom is -0.332 e. The lowest BCUT2D eigenvalue weighted by molar-refractivity contribution is 0.774. The number of imidazole rings is 1. The van der Waals surface area contributed by atoms with Crippen LogP contribution in [-0.4, -0.2) is 14.7 Å². The van der Waals surface area contributed by atoms with Crippen LogP contribution in [0.2, 0.25) is 0 Å². The van der Waals surface area contributed by atoms with Crippen molar-refractivity contribution in [3.05, 3.63) is 91.2 Å². The summed E-state index contributed by atoms with van der Waals surface area (Å²) in [6.07, 6.45) is 7.03. The maximum absolute atomic E-state index is 14.9. The molecule has 128 valence electrons. The fraction of sp³-hybridized carbons (Fsp3) is 0.0526. The molecule has 0 bridgehead atoms. The summed E-state index contributed by atoms with van der Waals surface area (Å²) >= 11 is 0. The predicted octanol–water partition coefficient (Wildman–Crippen LogP) is 5.05. The Hall–Kier alpha value is -2.37. The van der Waals surface area contributed by atoms with Crippen molar-refractivity contribution in [2.45, 2.75) is 11.4 Å². The minimum atomic E-state index is -0.759. The van der Waals surface area contributed by atoms with Gasteiger partial charge < -0.3 is 4.57 Å². The van der Waals surface area contributed by atoms with Gasteiger partial charge in [0.1, 0.15) is 0 Å². The summed E-state index contributed by atoms with van der Waals surface area (Å²) in [5.74, 6) is 0. The highest BCUT2D eigenvalue weighted by Crippen LogP contribution is 2.44. The Kier molecular flexibility index (Phi) is 5.36. The SMILES string of the molecule is Cl.FC1=S(c2ccccc2)N(c2ccccc2)C(Cn2ccnc2)=C1. The molecule has 0 spiro atoms. The number of rotatable bonds is 4. The number of hydrogen-bond donors (Lipinski definition) is 0. The van der Waals surface area contributed by atoms with E-state index in [2.05, 4.69) is 9.29 Å². The predicted molar refractivity (Wildman–Crippen MR) is 105 cm³/mol. The average Bonchev–Trinajstić information content (AvgIpc) is 3.24. The summed E-state index contributed by atoms with van der Waals surface area (Å²) in [5.41, 5.74) is 1.91. The second kappa shape index (κ2) is 7.68. The summed E-state index contributed by atoms with van der Waals surface area (Å²) in [5, 5.41) is -0.111. The molecule has 0 saturated carbocycles. The van der Waals surface area contributed by atoms with E-state index in [9.17, 15) is 4.39 Å². The number of para-hydroxylation sites is 1. The molecule has 0 saturated heterocycles. The first-order chi connectivity index (χ1) is 11.8. The molecule has 3 aromatic rings. The Bertz CT molecular complexity index is 893. The first kappa shape index (κ1) is 17.5. The van der Waals surface area contributed by atoms with Crippen LogP contribution in [0.5, 0.6) is 0 Å². The van der Waals surface area contributed by atoms with Crippen LogP contribution in [0.15, 0.2) is 96.1 Å². The van der Waals surface area contributed by atoms with Crippen molar-refractivity contribution >= 4 is 33.9 Å². The highest BCUT2D eigenvalue weighted by atomic mass is 35.5. The van der Waals surface area contributed by atoms with Gasteiger partial charge in [0.05, 0.1) is 24.3 Å². The first-order valence-corrected chi connectivity index (χ1v) is 8.84. The monoisotopic (exact) mass is 373 g/mol. The molecule has 0 radical (unpaired) electrons. The molecule has 1 unspecified atom stereocenters. The number of benzene rings is 2. The van der Waals surface area contributed by atoms with E-state index < -0.39 is 10.7 Å². The van der Waals surface area contributed by atoms with Gasteiger partial charge in [-0.25, -0.2) is 4.98 Å². The Morgan fingerprint density at radius 3 is 2.28 bits per heavy atom. The first-order valence-electron chi connectivity index (χ1n) is 7.66. The molecular formula is C19H17ClFN3S.